The molecule has 4 heavy (non-hydrogen) atoms. The molecule has 0 heterocycles. The SMILES string of the molecule is [Li+].[N-]=[N+]=[N-]. The van der Waals surface area contributed by atoms with Crippen LogP contribution in [0.25, 0.3) is 16.0 Å². The third-order valence-corrected chi connectivity index (χ3v) is 0. The second-order valence-electron chi connectivity index (χ2n) is 0.0894. The number of hydrogen-bond donors (Lipinski definition) is 0. The molecule has 0 saturated carbocycles. The van der Waals surface area contributed by atoms with Crippen molar-refractivity contribution in [2.45, 2.75) is 0 Å². The molecular formula is LiN3. The van der Waals surface area contributed by atoms with Gasteiger partial charge in [-0.15, -0.1) is 0 Å². The van der Waals surface area contributed by atoms with Crippen LogP contribution in [-0.4, -0.2) is 0 Å². The van der Waals surface area contributed by atoms with Crippen LogP contribution >= 0.6 is 0 Å². The number of rotatable bonds is 0. The van der Waals surface area contributed by atoms with E-state index < -0.39 is 0 Å². The molecular weight excluding hydrogens is 49.0 g/mol. The molecule has 0 bridgehead atoms. The van der Waals surface area contributed by atoms with Crippen molar-refractivity contribution in [3.8, 4) is 0 Å². The fraction of sp³-hybridized carbons (Fsp3) is 0. The maximum atomic E-state index is 6.75. The van der Waals surface area contributed by atoms with Gasteiger partial charge in [0.05, 0.1) is 0 Å². The van der Waals surface area contributed by atoms with E-state index in [1.54, 1.807) is 0 Å². The summed E-state index contributed by atoms with van der Waals surface area (Å²) in [5, 5.41) is 0. The molecule has 0 aromatic heterocycles. The van der Waals surface area contributed by atoms with Crippen molar-refractivity contribution in [1.29, 1.82) is 0 Å². The Labute approximate surface area is 35.6 Å². The molecule has 0 radical (unpaired) electrons. The quantitative estimate of drug-likeness (QED) is 0.130. The van der Waals surface area contributed by atoms with Gasteiger partial charge in [0.2, 0.25) is 0 Å². The maximum Gasteiger partial charge on any atom is 1.00 e. The van der Waals surface area contributed by atoms with Crippen LogP contribution in [-0.2, 0) is 0 Å². The first kappa shape index (κ1) is 9.08. The molecule has 0 fully saturated rings. The summed E-state index contributed by atoms with van der Waals surface area (Å²) >= 11 is 0. The second-order valence-corrected chi connectivity index (χ2v) is 0.0894. The van der Waals surface area contributed by atoms with Gasteiger partial charge >= 0.3 is 18.9 Å². The van der Waals surface area contributed by atoms with Crippen LogP contribution in [0.2, 0.25) is 0 Å². The van der Waals surface area contributed by atoms with Crippen LogP contribution in [0.1, 0.15) is 0 Å². The van der Waals surface area contributed by atoms with Crippen molar-refractivity contribution in [2.75, 3.05) is 0 Å². The molecule has 0 aromatic rings. The van der Waals surface area contributed by atoms with E-state index in [9.17, 15) is 0 Å². The number of nitrogens with zero attached hydrogens (tertiary/aromatic N) is 3. The summed E-state index contributed by atoms with van der Waals surface area (Å²) in [7, 11) is 0. The summed E-state index contributed by atoms with van der Waals surface area (Å²) in [5.41, 5.74) is 13.5. The molecule has 0 saturated heterocycles. The van der Waals surface area contributed by atoms with Crippen molar-refractivity contribution >= 4 is 0 Å². The molecule has 0 rings (SSSR count). The molecule has 0 unspecified atom stereocenters. The molecule has 0 spiro atoms. The summed E-state index contributed by atoms with van der Waals surface area (Å²) in [6, 6.07) is 0. The average molecular weight is 49.0 g/mol. The molecule has 0 N–H and O–H groups in total. The molecule has 0 aromatic carbocycles. The smallest absolute Gasteiger partial charge is 0.373 e. The Morgan fingerprint density at radius 2 is 1.25 bits per heavy atom. The first-order valence-corrected chi connectivity index (χ1v) is 0.400. The molecule has 0 aliphatic carbocycles. The van der Waals surface area contributed by atoms with Crippen molar-refractivity contribution < 1.29 is 18.9 Å². The Hall–Kier alpha value is -0.0926. The molecule has 16 valence electrons. The van der Waals surface area contributed by atoms with Gasteiger partial charge < -0.3 is 11.1 Å². The van der Waals surface area contributed by atoms with Crippen molar-refractivity contribution in [3.63, 3.8) is 0 Å². The fourth-order valence-electron chi connectivity index (χ4n) is 0. The normalized spacial score (nSPS) is 2.00. The molecule has 4 heteroatoms. The van der Waals surface area contributed by atoms with E-state index in [0.29, 0.717) is 0 Å². The zero-order valence-electron chi connectivity index (χ0n) is 2.34. The number of hydrogen-bond acceptors (Lipinski definition) is 0. The van der Waals surface area contributed by atoms with Gasteiger partial charge in [-0.05, 0) is 0 Å². The van der Waals surface area contributed by atoms with Gasteiger partial charge in [0.1, 0.15) is 0 Å². The van der Waals surface area contributed by atoms with Gasteiger partial charge in [-0.3, -0.25) is 4.91 Å². The van der Waals surface area contributed by atoms with Crippen LogP contribution in [0.3, 0.4) is 0 Å². The maximum absolute atomic E-state index is 6.75. The summed E-state index contributed by atoms with van der Waals surface area (Å²) in [4.78, 5) is 1.50. The minimum atomic E-state index is 0. The van der Waals surface area contributed by atoms with E-state index in [-0.39, 0.29) is 18.9 Å². The summed E-state index contributed by atoms with van der Waals surface area (Å²) in [5.74, 6) is 0. The zero-order chi connectivity index (χ0) is 2.71. The topological polar surface area (TPSA) is 58.7 Å². The Morgan fingerprint density at radius 3 is 1.25 bits per heavy atom. The van der Waals surface area contributed by atoms with Crippen LogP contribution in [0.4, 0.5) is 0 Å². The summed E-state index contributed by atoms with van der Waals surface area (Å²) in [6.45, 7) is 0. The molecule has 0 atom stereocenters. The van der Waals surface area contributed by atoms with Gasteiger partial charge in [-0.2, -0.15) is 0 Å². The average Bonchev–Trinajstić information content (AvgIpc) is 0.918. The summed E-state index contributed by atoms with van der Waals surface area (Å²) < 4.78 is 0. The minimum absolute atomic E-state index is 0. The van der Waals surface area contributed by atoms with E-state index in [1.807, 2.05) is 0 Å². The predicted octanol–water partition coefficient (Wildman–Crippen LogP) is -2.13. The van der Waals surface area contributed by atoms with Gasteiger partial charge in [0.15, 0.2) is 0 Å². The second kappa shape index (κ2) is 12.8. The Morgan fingerprint density at radius 1 is 1.25 bits per heavy atom. The van der Waals surface area contributed by atoms with E-state index in [2.05, 4.69) is 0 Å². The Kier molecular flexibility index (Phi) is 29.2. The fourth-order valence-corrected chi connectivity index (χ4v) is 0. The third-order valence-electron chi connectivity index (χ3n) is 0. The largest absolute Gasteiger partial charge is 1.00 e. The molecule has 3 nitrogen and oxygen atoms in total. The first-order valence-electron chi connectivity index (χ1n) is 0.400. The van der Waals surface area contributed by atoms with Gasteiger partial charge in [0, 0.05) is 0 Å². The molecule has 0 amide bonds. The Bertz CT molecular complexity index is 24.3. The van der Waals surface area contributed by atoms with Crippen LogP contribution in [0.5, 0.6) is 0 Å². The van der Waals surface area contributed by atoms with E-state index in [0.717, 1.165) is 0 Å². The zero-order valence-corrected chi connectivity index (χ0v) is 2.34. The van der Waals surface area contributed by atoms with Crippen molar-refractivity contribution in [1.82, 2.24) is 0 Å². The van der Waals surface area contributed by atoms with Crippen LogP contribution < -0.4 is 18.9 Å². The summed E-state index contributed by atoms with van der Waals surface area (Å²) in [6.07, 6.45) is 0. The van der Waals surface area contributed by atoms with Gasteiger partial charge in [-0.1, -0.05) is 0 Å². The van der Waals surface area contributed by atoms with Crippen molar-refractivity contribution in [3.05, 3.63) is 16.0 Å². The monoisotopic (exact) mass is 49.0 g/mol. The van der Waals surface area contributed by atoms with Crippen LogP contribution in [0.15, 0.2) is 0 Å². The third kappa shape index (κ3) is 183. The van der Waals surface area contributed by atoms with Gasteiger partial charge in [0.25, 0.3) is 0 Å². The van der Waals surface area contributed by atoms with E-state index in [4.69, 9.17) is 11.1 Å². The predicted molar refractivity (Wildman–Crippen MR) is 10.1 cm³/mol. The minimum Gasteiger partial charge on any atom is -0.373 e. The Balaban J connectivity index is 0. The standard InChI is InChI=1S/Li.N3/c;1-3-2/q+1;-1. The first-order chi connectivity index (χ1) is 1.41. The van der Waals surface area contributed by atoms with E-state index >= 15 is 0 Å². The molecule has 0 aliphatic heterocycles. The van der Waals surface area contributed by atoms with Gasteiger partial charge in [-0.25, -0.2) is 0 Å². The van der Waals surface area contributed by atoms with Crippen LogP contribution in [0, 0.1) is 0 Å². The van der Waals surface area contributed by atoms with E-state index in [1.165, 1.54) is 4.91 Å². The van der Waals surface area contributed by atoms with Crippen molar-refractivity contribution in [2.24, 2.45) is 0 Å². The molecule has 0 aliphatic rings.